The van der Waals surface area contributed by atoms with Gasteiger partial charge in [-0.05, 0) is 27.7 Å². The van der Waals surface area contributed by atoms with E-state index in [-0.39, 0.29) is 0 Å². The van der Waals surface area contributed by atoms with Crippen LogP contribution in [0.5, 0.6) is 0 Å². The molecule has 0 radical (unpaired) electrons. The number of carbonyl (C=O) groups is 2. The van der Waals surface area contributed by atoms with Gasteiger partial charge in [0.25, 0.3) is 12.3 Å². The molecule has 0 heterocycles. The van der Waals surface area contributed by atoms with Crippen molar-refractivity contribution in [2.24, 2.45) is 0 Å². The zero-order chi connectivity index (χ0) is 12.2. The van der Waals surface area contributed by atoms with Crippen molar-refractivity contribution in [3.8, 4) is 0 Å². The van der Waals surface area contributed by atoms with Gasteiger partial charge in [-0.25, -0.2) is 4.39 Å². The molecule has 0 saturated heterocycles. The Morgan fingerprint density at radius 1 is 1.40 bits per heavy atom. The predicted octanol–water partition coefficient (Wildman–Crippen LogP) is 0.686. The lowest BCUT2D eigenvalue weighted by Gasteiger charge is -2.22. The van der Waals surface area contributed by atoms with Crippen molar-refractivity contribution in [2.75, 3.05) is 0 Å². The number of aliphatic carboxylic acids is 1. The van der Waals surface area contributed by atoms with Crippen LogP contribution in [0.1, 0.15) is 27.7 Å². The summed E-state index contributed by atoms with van der Waals surface area (Å²) >= 11 is 0. The summed E-state index contributed by atoms with van der Waals surface area (Å²) < 4.78 is 17.8. The number of halogens is 1. The quantitative estimate of drug-likeness (QED) is 0.732. The molecule has 2 atom stereocenters. The van der Waals surface area contributed by atoms with E-state index in [1.807, 2.05) is 5.32 Å². The fraction of sp³-hybridized carbons (Fsp3) is 0.778. The van der Waals surface area contributed by atoms with Crippen molar-refractivity contribution in [1.82, 2.24) is 5.32 Å². The molecule has 0 aliphatic heterocycles. The van der Waals surface area contributed by atoms with Crippen LogP contribution in [-0.2, 0) is 14.3 Å². The molecule has 1 amide bonds. The Labute approximate surface area is 87.6 Å². The minimum absolute atomic E-state index is 0.802. The second-order valence-corrected chi connectivity index (χ2v) is 4.11. The van der Waals surface area contributed by atoms with Gasteiger partial charge in [0, 0.05) is 0 Å². The summed E-state index contributed by atoms with van der Waals surface area (Å²) in [5, 5.41) is 10.4. The number of carboxylic acid groups (broad SMARTS) is 1. The van der Waals surface area contributed by atoms with E-state index in [0.717, 1.165) is 0 Å². The number of ether oxygens (including phenoxy) is 1. The van der Waals surface area contributed by atoms with Gasteiger partial charge in [0.1, 0.15) is 6.04 Å². The minimum Gasteiger partial charge on any atom is -0.480 e. The van der Waals surface area contributed by atoms with Crippen molar-refractivity contribution in [1.29, 1.82) is 0 Å². The highest BCUT2D eigenvalue weighted by atomic mass is 19.1. The van der Waals surface area contributed by atoms with Crippen molar-refractivity contribution in [2.45, 2.75) is 45.7 Å². The molecular formula is C9H16FNO4. The fourth-order valence-electron chi connectivity index (χ4n) is 0.705. The maximum absolute atomic E-state index is 13.1. The Morgan fingerprint density at radius 2 is 1.87 bits per heavy atom. The van der Waals surface area contributed by atoms with Crippen molar-refractivity contribution >= 4 is 11.9 Å². The first-order valence-electron chi connectivity index (χ1n) is 4.48. The average Bonchev–Trinajstić information content (AvgIpc) is 2.00. The average molecular weight is 221 g/mol. The third-order valence-electron chi connectivity index (χ3n) is 1.39. The molecule has 0 aromatic heterocycles. The summed E-state index contributed by atoms with van der Waals surface area (Å²) in [6.07, 6.45) is -2.16. The largest absolute Gasteiger partial charge is 0.480 e. The Kier molecular flexibility index (Phi) is 4.67. The maximum atomic E-state index is 13.1. The van der Waals surface area contributed by atoms with E-state index in [9.17, 15) is 14.0 Å². The van der Waals surface area contributed by atoms with E-state index in [1.54, 1.807) is 20.8 Å². The summed E-state index contributed by atoms with van der Waals surface area (Å²) in [6, 6.07) is -1.14. The third-order valence-corrected chi connectivity index (χ3v) is 1.39. The second kappa shape index (κ2) is 5.06. The zero-order valence-corrected chi connectivity index (χ0v) is 9.20. The van der Waals surface area contributed by atoms with Crippen LogP contribution in [0.15, 0.2) is 0 Å². The number of rotatable bonds is 4. The number of amides is 1. The molecule has 6 heteroatoms. The van der Waals surface area contributed by atoms with E-state index in [0.29, 0.717) is 0 Å². The molecule has 0 aliphatic carbocycles. The number of nitrogens with one attached hydrogen (secondary N) is 1. The van der Waals surface area contributed by atoms with E-state index < -0.39 is 29.9 Å². The van der Waals surface area contributed by atoms with Gasteiger partial charge in [-0.15, -0.1) is 0 Å². The summed E-state index contributed by atoms with van der Waals surface area (Å²) in [6.45, 7) is 6.01. The molecule has 88 valence electrons. The van der Waals surface area contributed by atoms with Gasteiger partial charge in [0.15, 0.2) is 0 Å². The van der Waals surface area contributed by atoms with Gasteiger partial charge in [-0.3, -0.25) is 9.59 Å². The van der Waals surface area contributed by atoms with Crippen LogP contribution in [0.4, 0.5) is 4.39 Å². The number of hydrogen-bond donors (Lipinski definition) is 2. The number of hydrogen-bond acceptors (Lipinski definition) is 3. The van der Waals surface area contributed by atoms with Crippen LogP contribution in [-0.4, -0.2) is 35.0 Å². The van der Waals surface area contributed by atoms with Crippen LogP contribution in [0, 0.1) is 0 Å². The van der Waals surface area contributed by atoms with Crippen LogP contribution >= 0.6 is 0 Å². The lowest BCUT2D eigenvalue weighted by molar-refractivity contribution is -0.164. The molecule has 5 nitrogen and oxygen atoms in total. The number of alkyl halides is 1. The molecule has 15 heavy (non-hydrogen) atoms. The Balaban J connectivity index is 4.17. The smallest absolute Gasteiger partial charge is 0.325 e. The van der Waals surface area contributed by atoms with Gasteiger partial charge in [0.2, 0.25) is 0 Å². The molecule has 0 aromatic carbocycles. The normalized spacial score (nSPS) is 15.5. The molecule has 2 unspecified atom stereocenters. The Hall–Kier alpha value is -1.17. The minimum atomic E-state index is -2.16. The topological polar surface area (TPSA) is 75.6 Å². The first-order chi connectivity index (χ1) is 6.63. The summed E-state index contributed by atoms with van der Waals surface area (Å²) in [5.74, 6) is -2.31. The summed E-state index contributed by atoms with van der Waals surface area (Å²) in [4.78, 5) is 21.4. The number of carbonyl (C=O) groups excluding carboxylic acids is 1. The van der Waals surface area contributed by atoms with Crippen molar-refractivity contribution < 1.29 is 23.8 Å². The number of carboxylic acids is 1. The monoisotopic (exact) mass is 221 g/mol. The van der Waals surface area contributed by atoms with Gasteiger partial charge >= 0.3 is 5.97 Å². The zero-order valence-electron chi connectivity index (χ0n) is 9.20. The lowest BCUT2D eigenvalue weighted by Crippen LogP contribution is -2.45. The van der Waals surface area contributed by atoms with Crippen LogP contribution < -0.4 is 5.32 Å². The van der Waals surface area contributed by atoms with Crippen molar-refractivity contribution in [3.63, 3.8) is 0 Å². The molecular weight excluding hydrogens is 205 g/mol. The highest BCUT2D eigenvalue weighted by molar-refractivity contribution is 5.85. The predicted molar refractivity (Wildman–Crippen MR) is 51.0 cm³/mol. The highest BCUT2D eigenvalue weighted by Crippen LogP contribution is 2.11. The lowest BCUT2D eigenvalue weighted by atomic mass is 10.2. The maximum Gasteiger partial charge on any atom is 0.325 e. The standard InChI is InChI=1S/C9H16FNO4/c1-5(8(13)14)11-7(12)6(10)15-9(2,3)4/h5-6H,1-4H3,(H,11,12)(H,13,14). The third kappa shape index (κ3) is 6.01. The second-order valence-electron chi connectivity index (χ2n) is 4.11. The summed E-state index contributed by atoms with van der Waals surface area (Å²) in [7, 11) is 0. The molecule has 0 saturated carbocycles. The molecule has 0 spiro atoms. The fourth-order valence-corrected chi connectivity index (χ4v) is 0.705. The SMILES string of the molecule is CC(NC(=O)C(F)OC(C)(C)C)C(=O)O. The Morgan fingerprint density at radius 3 is 2.20 bits per heavy atom. The molecule has 0 rings (SSSR count). The highest BCUT2D eigenvalue weighted by Gasteiger charge is 2.26. The van der Waals surface area contributed by atoms with Crippen LogP contribution in [0.2, 0.25) is 0 Å². The first-order valence-corrected chi connectivity index (χ1v) is 4.48. The van der Waals surface area contributed by atoms with Crippen molar-refractivity contribution in [3.05, 3.63) is 0 Å². The molecule has 0 fully saturated rings. The van der Waals surface area contributed by atoms with Gasteiger partial charge in [-0.2, -0.15) is 0 Å². The first kappa shape index (κ1) is 13.8. The van der Waals surface area contributed by atoms with Crippen LogP contribution in [0.25, 0.3) is 0 Å². The molecule has 0 bridgehead atoms. The van der Waals surface area contributed by atoms with E-state index in [1.165, 1.54) is 6.92 Å². The van der Waals surface area contributed by atoms with E-state index in [2.05, 4.69) is 0 Å². The molecule has 2 N–H and O–H groups in total. The molecule has 0 aromatic rings. The van der Waals surface area contributed by atoms with E-state index in [4.69, 9.17) is 9.84 Å². The Bertz CT molecular complexity index is 249. The van der Waals surface area contributed by atoms with Gasteiger partial charge in [-0.1, -0.05) is 0 Å². The molecule has 0 aliphatic rings. The summed E-state index contributed by atoms with van der Waals surface area (Å²) in [5.41, 5.74) is -0.802. The van der Waals surface area contributed by atoms with Gasteiger partial charge in [0.05, 0.1) is 5.60 Å². The van der Waals surface area contributed by atoms with E-state index >= 15 is 0 Å². The van der Waals surface area contributed by atoms with Gasteiger partial charge < -0.3 is 15.2 Å². The van der Waals surface area contributed by atoms with Crippen LogP contribution in [0.3, 0.4) is 0 Å².